The third kappa shape index (κ3) is 5.65. The minimum atomic E-state index is 0. The number of nitrogens with zero attached hydrogens (tertiary/aromatic N) is 2. The third-order valence-electron chi connectivity index (χ3n) is 4.49. The van der Waals surface area contributed by atoms with E-state index in [1.165, 1.54) is 21.2 Å². The molecule has 0 spiro atoms. The minimum Gasteiger partial charge on any atom is -0.356 e. The minimum absolute atomic E-state index is 0. The number of hydrogen-bond acceptors (Lipinski definition) is 3. The highest BCUT2D eigenvalue weighted by molar-refractivity contribution is 14.0. The van der Waals surface area contributed by atoms with E-state index in [1.54, 1.807) is 11.3 Å². The lowest BCUT2D eigenvalue weighted by molar-refractivity contribution is 0.685. The summed E-state index contributed by atoms with van der Waals surface area (Å²) >= 11 is 1.77. The van der Waals surface area contributed by atoms with Crippen LogP contribution in [-0.4, -0.2) is 24.5 Å². The van der Waals surface area contributed by atoms with Crippen LogP contribution in [0.3, 0.4) is 0 Å². The molecular weight excluding hydrogens is 467 g/mol. The van der Waals surface area contributed by atoms with Crippen molar-refractivity contribution in [3.05, 3.63) is 63.6 Å². The Hall–Kier alpha value is -1.67. The van der Waals surface area contributed by atoms with Crippen LogP contribution in [-0.2, 0) is 6.42 Å². The standard InChI is InChI=1S/C21H26N4S.HI/c1-14(18-10-9-17-7-5-6-8-19(17)13-18)25-21(22-4)23-12-11-20-15(2)24-16(3)26-20;/h5-10,13-14H,11-12H2,1-4H3,(H2,22,23,25);1H. The molecule has 0 saturated heterocycles. The van der Waals surface area contributed by atoms with E-state index in [1.807, 2.05) is 7.05 Å². The third-order valence-corrected chi connectivity index (χ3v) is 5.63. The Labute approximate surface area is 182 Å². The molecule has 0 fully saturated rings. The number of halogens is 1. The second-order valence-electron chi connectivity index (χ2n) is 6.46. The largest absolute Gasteiger partial charge is 0.356 e. The molecule has 3 rings (SSSR count). The van der Waals surface area contributed by atoms with E-state index in [4.69, 9.17) is 0 Å². The van der Waals surface area contributed by atoms with E-state index in [9.17, 15) is 0 Å². The van der Waals surface area contributed by atoms with Gasteiger partial charge in [0.1, 0.15) is 0 Å². The molecule has 2 N–H and O–H groups in total. The SMILES string of the molecule is CN=C(NCCc1sc(C)nc1C)NC(C)c1ccc2ccccc2c1.I. The molecule has 144 valence electrons. The lowest BCUT2D eigenvalue weighted by Gasteiger charge is -2.18. The number of guanidine groups is 1. The zero-order chi connectivity index (χ0) is 18.5. The van der Waals surface area contributed by atoms with Crippen LogP contribution in [0.15, 0.2) is 47.5 Å². The van der Waals surface area contributed by atoms with Gasteiger partial charge in [0.2, 0.25) is 0 Å². The summed E-state index contributed by atoms with van der Waals surface area (Å²) in [6.45, 7) is 7.13. The highest BCUT2D eigenvalue weighted by Crippen LogP contribution is 2.20. The van der Waals surface area contributed by atoms with Crippen LogP contribution >= 0.6 is 35.3 Å². The van der Waals surface area contributed by atoms with Gasteiger partial charge in [-0.2, -0.15) is 0 Å². The molecule has 0 bridgehead atoms. The molecule has 0 saturated carbocycles. The number of rotatable bonds is 5. The Bertz CT molecular complexity index is 919. The Morgan fingerprint density at radius 1 is 1.15 bits per heavy atom. The molecule has 0 amide bonds. The first-order valence-corrected chi connectivity index (χ1v) is 9.77. The van der Waals surface area contributed by atoms with Crippen molar-refractivity contribution in [3.8, 4) is 0 Å². The van der Waals surface area contributed by atoms with E-state index >= 15 is 0 Å². The van der Waals surface area contributed by atoms with Crippen LogP contribution in [0.1, 0.15) is 34.1 Å². The van der Waals surface area contributed by atoms with Gasteiger partial charge in [-0.3, -0.25) is 4.99 Å². The van der Waals surface area contributed by atoms with Gasteiger partial charge in [0, 0.05) is 24.9 Å². The quantitative estimate of drug-likeness (QED) is 0.298. The second kappa shape index (κ2) is 10.0. The molecule has 2 aromatic carbocycles. The van der Waals surface area contributed by atoms with Crippen molar-refractivity contribution in [2.24, 2.45) is 4.99 Å². The number of aliphatic imine (C=N–C) groups is 1. The topological polar surface area (TPSA) is 49.3 Å². The summed E-state index contributed by atoms with van der Waals surface area (Å²) < 4.78 is 0. The molecule has 0 aliphatic rings. The second-order valence-corrected chi connectivity index (χ2v) is 7.75. The summed E-state index contributed by atoms with van der Waals surface area (Å²) in [5.74, 6) is 0.824. The Kier molecular flexibility index (Phi) is 8.04. The zero-order valence-corrected chi connectivity index (χ0v) is 19.4. The fourth-order valence-electron chi connectivity index (χ4n) is 3.06. The van der Waals surface area contributed by atoms with E-state index in [2.05, 4.69) is 83.8 Å². The maximum atomic E-state index is 4.49. The first-order valence-electron chi connectivity index (χ1n) is 8.95. The van der Waals surface area contributed by atoms with E-state index in [0.29, 0.717) is 0 Å². The van der Waals surface area contributed by atoms with Crippen molar-refractivity contribution in [1.82, 2.24) is 15.6 Å². The van der Waals surface area contributed by atoms with Crippen molar-refractivity contribution in [2.75, 3.05) is 13.6 Å². The van der Waals surface area contributed by atoms with Gasteiger partial charge >= 0.3 is 0 Å². The van der Waals surface area contributed by atoms with Crippen LogP contribution in [0, 0.1) is 13.8 Å². The summed E-state index contributed by atoms with van der Waals surface area (Å²) in [4.78, 5) is 10.2. The number of thiazole rings is 1. The monoisotopic (exact) mass is 494 g/mol. The smallest absolute Gasteiger partial charge is 0.191 e. The molecule has 6 heteroatoms. The van der Waals surface area contributed by atoms with Crippen molar-refractivity contribution in [3.63, 3.8) is 0 Å². The van der Waals surface area contributed by atoms with Crippen molar-refractivity contribution in [1.29, 1.82) is 0 Å². The lowest BCUT2D eigenvalue weighted by Crippen LogP contribution is -2.39. The molecule has 3 aromatic rings. The van der Waals surface area contributed by atoms with Crippen LogP contribution in [0.2, 0.25) is 0 Å². The molecule has 4 nitrogen and oxygen atoms in total. The van der Waals surface area contributed by atoms with Crippen molar-refractivity contribution in [2.45, 2.75) is 33.2 Å². The van der Waals surface area contributed by atoms with E-state index in [-0.39, 0.29) is 30.0 Å². The van der Waals surface area contributed by atoms with E-state index in [0.717, 1.165) is 29.6 Å². The Morgan fingerprint density at radius 2 is 1.89 bits per heavy atom. The van der Waals surface area contributed by atoms with Gasteiger partial charge in [-0.25, -0.2) is 4.98 Å². The fourth-order valence-corrected chi connectivity index (χ4v) is 4.00. The van der Waals surface area contributed by atoms with Crippen LogP contribution < -0.4 is 10.6 Å². The number of nitrogens with one attached hydrogen (secondary N) is 2. The van der Waals surface area contributed by atoms with Gasteiger partial charge in [-0.05, 0) is 43.2 Å². The first kappa shape index (κ1) is 21.6. The molecule has 0 radical (unpaired) electrons. The van der Waals surface area contributed by atoms with Gasteiger partial charge in [0.25, 0.3) is 0 Å². The van der Waals surface area contributed by atoms with Crippen LogP contribution in [0.5, 0.6) is 0 Å². The first-order chi connectivity index (χ1) is 12.6. The van der Waals surface area contributed by atoms with Gasteiger partial charge in [-0.15, -0.1) is 35.3 Å². The predicted octanol–water partition coefficient (Wildman–Crippen LogP) is 5.00. The fraction of sp³-hybridized carbons (Fsp3) is 0.333. The summed E-state index contributed by atoms with van der Waals surface area (Å²) in [6, 6.07) is 15.2. The van der Waals surface area contributed by atoms with Gasteiger partial charge in [-0.1, -0.05) is 36.4 Å². The molecule has 1 unspecified atom stereocenters. The molecule has 1 atom stereocenters. The average molecular weight is 494 g/mol. The van der Waals surface area contributed by atoms with Gasteiger partial charge in [0.15, 0.2) is 5.96 Å². The van der Waals surface area contributed by atoms with Gasteiger partial charge in [0.05, 0.1) is 16.7 Å². The Morgan fingerprint density at radius 3 is 2.56 bits per heavy atom. The van der Waals surface area contributed by atoms with Gasteiger partial charge < -0.3 is 10.6 Å². The number of hydrogen-bond donors (Lipinski definition) is 2. The zero-order valence-electron chi connectivity index (χ0n) is 16.2. The maximum absolute atomic E-state index is 4.49. The number of benzene rings is 2. The lowest BCUT2D eigenvalue weighted by atomic mass is 10.0. The summed E-state index contributed by atoms with van der Waals surface area (Å²) in [5.41, 5.74) is 2.39. The number of aromatic nitrogens is 1. The molecule has 1 heterocycles. The summed E-state index contributed by atoms with van der Waals surface area (Å²) in [7, 11) is 1.81. The average Bonchev–Trinajstić information content (AvgIpc) is 2.97. The summed E-state index contributed by atoms with van der Waals surface area (Å²) in [5, 5.41) is 10.5. The summed E-state index contributed by atoms with van der Waals surface area (Å²) in [6.07, 6.45) is 0.961. The predicted molar refractivity (Wildman–Crippen MR) is 128 cm³/mol. The van der Waals surface area contributed by atoms with Crippen LogP contribution in [0.4, 0.5) is 0 Å². The molecular formula is C21H27IN4S. The van der Waals surface area contributed by atoms with Crippen molar-refractivity contribution < 1.29 is 0 Å². The number of fused-ring (bicyclic) bond motifs is 1. The molecule has 0 aliphatic carbocycles. The number of aryl methyl sites for hydroxylation is 2. The molecule has 0 aliphatic heterocycles. The van der Waals surface area contributed by atoms with Crippen LogP contribution in [0.25, 0.3) is 10.8 Å². The normalized spacial score (nSPS) is 12.5. The highest BCUT2D eigenvalue weighted by Gasteiger charge is 2.09. The maximum Gasteiger partial charge on any atom is 0.191 e. The van der Waals surface area contributed by atoms with E-state index < -0.39 is 0 Å². The molecule has 27 heavy (non-hydrogen) atoms. The Balaban J connectivity index is 0.00000261. The molecule has 1 aromatic heterocycles. The van der Waals surface area contributed by atoms with Crippen molar-refractivity contribution >= 4 is 52.0 Å². The highest BCUT2D eigenvalue weighted by atomic mass is 127.